The Balaban J connectivity index is 1.76. The molecule has 1 unspecified atom stereocenters. The molecule has 112 valence electrons. The molecular formula is C16H18BrNO3. The van der Waals surface area contributed by atoms with Crippen LogP contribution in [0.3, 0.4) is 0 Å². The van der Waals surface area contributed by atoms with E-state index in [-0.39, 0.29) is 6.61 Å². The molecule has 2 aromatic rings. The maximum Gasteiger partial charge on any atom is 0.119 e. The summed E-state index contributed by atoms with van der Waals surface area (Å²) >= 11 is 3.45. The SMILES string of the molecule is COc1ccc(OCC(O)CNc2ccccc2Br)cc1. The van der Waals surface area contributed by atoms with E-state index in [1.807, 2.05) is 48.5 Å². The van der Waals surface area contributed by atoms with Crippen LogP contribution in [0.2, 0.25) is 0 Å². The number of halogens is 1. The van der Waals surface area contributed by atoms with E-state index in [1.54, 1.807) is 7.11 Å². The first-order valence-electron chi connectivity index (χ1n) is 6.62. The van der Waals surface area contributed by atoms with Crippen molar-refractivity contribution in [3.63, 3.8) is 0 Å². The van der Waals surface area contributed by atoms with Crippen LogP contribution in [-0.2, 0) is 0 Å². The van der Waals surface area contributed by atoms with Crippen LogP contribution in [-0.4, -0.2) is 31.5 Å². The molecule has 2 N–H and O–H groups in total. The van der Waals surface area contributed by atoms with E-state index in [4.69, 9.17) is 9.47 Å². The molecule has 0 spiro atoms. The second-order valence-electron chi connectivity index (χ2n) is 4.50. The van der Waals surface area contributed by atoms with Crippen molar-refractivity contribution in [2.45, 2.75) is 6.10 Å². The largest absolute Gasteiger partial charge is 0.497 e. The Bertz CT molecular complexity index is 560. The predicted molar refractivity (Wildman–Crippen MR) is 87.1 cm³/mol. The minimum Gasteiger partial charge on any atom is -0.497 e. The average Bonchev–Trinajstić information content (AvgIpc) is 2.52. The summed E-state index contributed by atoms with van der Waals surface area (Å²) in [5.41, 5.74) is 0.945. The van der Waals surface area contributed by atoms with Crippen LogP contribution < -0.4 is 14.8 Å². The topological polar surface area (TPSA) is 50.7 Å². The highest BCUT2D eigenvalue weighted by atomic mass is 79.9. The monoisotopic (exact) mass is 351 g/mol. The Kier molecular flexibility index (Phi) is 5.90. The average molecular weight is 352 g/mol. The molecule has 0 saturated heterocycles. The maximum absolute atomic E-state index is 9.94. The number of anilines is 1. The van der Waals surface area contributed by atoms with Crippen LogP contribution in [0.25, 0.3) is 0 Å². The van der Waals surface area contributed by atoms with Crippen molar-refractivity contribution in [1.82, 2.24) is 0 Å². The molecule has 2 aromatic carbocycles. The standard InChI is InChI=1S/C16H18BrNO3/c1-20-13-6-8-14(9-7-13)21-11-12(19)10-18-16-5-3-2-4-15(16)17/h2-9,12,18-19H,10-11H2,1H3. The number of hydrogen-bond acceptors (Lipinski definition) is 4. The van der Waals surface area contributed by atoms with Crippen molar-refractivity contribution < 1.29 is 14.6 Å². The second-order valence-corrected chi connectivity index (χ2v) is 5.36. The fourth-order valence-corrected chi connectivity index (χ4v) is 2.18. The molecule has 0 heterocycles. The number of benzene rings is 2. The number of aliphatic hydroxyl groups is 1. The van der Waals surface area contributed by atoms with Crippen molar-refractivity contribution in [3.05, 3.63) is 53.0 Å². The van der Waals surface area contributed by atoms with E-state index in [9.17, 15) is 5.11 Å². The van der Waals surface area contributed by atoms with Crippen LogP contribution in [0.1, 0.15) is 0 Å². The molecule has 21 heavy (non-hydrogen) atoms. The lowest BCUT2D eigenvalue weighted by Crippen LogP contribution is -2.26. The zero-order chi connectivity index (χ0) is 15.1. The van der Waals surface area contributed by atoms with Gasteiger partial charge in [0.15, 0.2) is 0 Å². The lowest BCUT2D eigenvalue weighted by atomic mass is 10.3. The molecule has 0 aromatic heterocycles. The summed E-state index contributed by atoms with van der Waals surface area (Å²) in [6.07, 6.45) is -0.598. The third-order valence-corrected chi connectivity index (χ3v) is 3.60. The highest BCUT2D eigenvalue weighted by Crippen LogP contribution is 2.21. The lowest BCUT2D eigenvalue weighted by Gasteiger charge is -2.15. The molecule has 0 aliphatic heterocycles. The highest BCUT2D eigenvalue weighted by Gasteiger charge is 2.06. The Morgan fingerprint density at radius 1 is 1.10 bits per heavy atom. The highest BCUT2D eigenvalue weighted by molar-refractivity contribution is 9.10. The fourth-order valence-electron chi connectivity index (χ4n) is 1.76. The number of aliphatic hydroxyl groups excluding tert-OH is 1. The molecular weight excluding hydrogens is 334 g/mol. The zero-order valence-electron chi connectivity index (χ0n) is 11.8. The van der Waals surface area contributed by atoms with E-state index in [1.165, 1.54) is 0 Å². The number of rotatable bonds is 7. The Labute approximate surface area is 132 Å². The molecule has 0 fully saturated rings. The number of para-hydroxylation sites is 1. The van der Waals surface area contributed by atoms with Gasteiger partial charge in [-0.15, -0.1) is 0 Å². The van der Waals surface area contributed by atoms with Gasteiger partial charge in [-0.2, -0.15) is 0 Å². The lowest BCUT2D eigenvalue weighted by molar-refractivity contribution is 0.117. The third kappa shape index (κ3) is 4.95. The maximum atomic E-state index is 9.94. The summed E-state index contributed by atoms with van der Waals surface area (Å²) in [7, 11) is 1.62. The van der Waals surface area contributed by atoms with E-state index < -0.39 is 6.10 Å². The fraction of sp³-hybridized carbons (Fsp3) is 0.250. The molecule has 0 bridgehead atoms. The van der Waals surface area contributed by atoms with E-state index >= 15 is 0 Å². The van der Waals surface area contributed by atoms with Gasteiger partial charge < -0.3 is 19.9 Å². The number of hydrogen-bond donors (Lipinski definition) is 2. The van der Waals surface area contributed by atoms with Crippen LogP contribution in [0, 0.1) is 0 Å². The summed E-state index contributed by atoms with van der Waals surface area (Å²) < 4.78 is 11.6. The Hall–Kier alpha value is -1.72. The molecule has 5 heteroatoms. The molecule has 1 atom stereocenters. The number of nitrogens with one attached hydrogen (secondary N) is 1. The molecule has 0 radical (unpaired) electrons. The first-order chi connectivity index (χ1) is 10.2. The summed E-state index contributed by atoms with van der Waals surface area (Å²) in [6, 6.07) is 15.0. The van der Waals surface area contributed by atoms with Crippen LogP contribution in [0.15, 0.2) is 53.0 Å². The first kappa shape index (κ1) is 15.7. The van der Waals surface area contributed by atoms with Gasteiger partial charge in [0.05, 0.1) is 7.11 Å². The normalized spacial score (nSPS) is 11.8. The van der Waals surface area contributed by atoms with Gasteiger partial charge in [-0.25, -0.2) is 0 Å². The van der Waals surface area contributed by atoms with Crippen molar-refractivity contribution in [3.8, 4) is 11.5 Å². The predicted octanol–water partition coefficient (Wildman–Crippen LogP) is 3.31. The summed E-state index contributed by atoms with van der Waals surface area (Å²) in [4.78, 5) is 0. The van der Waals surface area contributed by atoms with E-state index in [0.29, 0.717) is 12.3 Å². The van der Waals surface area contributed by atoms with Crippen LogP contribution in [0.5, 0.6) is 11.5 Å². The molecule has 2 rings (SSSR count). The number of ether oxygens (including phenoxy) is 2. The smallest absolute Gasteiger partial charge is 0.119 e. The first-order valence-corrected chi connectivity index (χ1v) is 7.41. The van der Waals surface area contributed by atoms with Gasteiger partial charge in [-0.05, 0) is 52.3 Å². The van der Waals surface area contributed by atoms with Gasteiger partial charge in [0, 0.05) is 16.7 Å². The van der Waals surface area contributed by atoms with Crippen molar-refractivity contribution in [2.75, 3.05) is 25.6 Å². The molecule has 0 saturated carbocycles. The third-order valence-electron chi connectivity index (χ3n) is 2.90. The van der Waals surface area contributed by atoms with Crippen LogP contribution >= 0.6 is 15.9 Å². The summed E-state index contributed by atoms with van der Waals surface area (Å²) in [5, 5.41) is 13.1. The van der Waals surface area contributed by atoms with Gasteiger partial charge in [0.1, 0.15) is 24.2 Å². The Morgan fingerprint density at radius 3 is 2.43 bits per heavy atom. The van der Waals surface area contributed by atoms with Gasteiger partial charge in [-0.1, -0.05) is 12.1 Å². The van der Waals surface area contributed by atoms with E-state index in [2.05, 4.69) is 21.2 Å². The number of methoxy groups -OCH3 is 1. The van der Waals surface area contributed by atoms with Gasteiger partial charge in [0.2, 0.25) is 0 Å². The summed E-state index contributed by atoms with van der Waals surface area (Å²) in [6.45, 7) is 0.641. The van der Waals surface area contributed by atoms with Crippen molar-refractivity contribution >= 4 is 21.6 Å². The van der Waals surface area contributed by atoms with Crippen molar-refractivity contribution in [2.24, 2.45) is 0 Å². The zero-order valence-corrected chi connectivity index (χ0v) is 13.3. The van der Waals surface area contributed by atoms with Gasteiger partial charge >= 0.3 is 0 Å². The Morgan fingerprint density at radius 2 is 1.76 bits per heavy atom. The van der Waals surface area contributed by atoms with Gasteiger partial charge in [-0.3, -0.25) is 0 Å². The quantitative estimate of drug-likeness (QED) is 0.803. The molecule has 0 aliphatic carbocycles. The molecule has 4 nitrogen and oxygen atoms in total. The molecule has 0 aliphatic rings. The second kappa shape index (κ2) is 7.90. The minimum atomic E-state index is -0.598. The summed E-state index contributed by atoms with van der Waals surface area (Å²) in [5.74, 6) is 1.48. The van der Waals surface area contributed by atoms with Crippen LogP contribution in [0.4, 0.5) is 5.69 Å². The van der Waals surface area contributed by atoms with Crippen molar-refractivity contribution in [1.29, 1.82) is 0 Å². The van der Waals surface area contributed by atoms with E-state index in [0.717, 1.165) is 15.9 Å². The van der Waals surface area contributed by atoms with Gasteiger partial charge in [0.25, 0.3) is 0 Å². The minimum absolute atomic E-state index is 0.226. The molecule has 0 amide bonds.